The third-order valence-corrected chi connectivity index (χ3v) is 8.17. The van der Waals surface area contributed by atoms with Gasteiger partial charge in [-0.1, -0.05) is 80.9 Å². The highest BCUT2D eigenvalue weighted by molar-refractivity contribution is 5.74. The van der Waals surface area contributed by atoms with Crippen molar-refractivity contribution >= 4 is 5.97 Å². The van der Waals surface area contributed by atoms with Crippen molar-refractivity contribution in [3.05, 3.63) is 60.3 Å². The zero-order chi connectivity index (χ0) is 35.5. The fourth-order valence-electron chi connectivity index (χ4n) is 5.30. The van der Waals surface area contributed by atoms with Crippen LogP contribution in [0.2, 0.25) is 0 Å². The molecule has 47 heavy (non-hydrogen) atoms. The Hall–Kier alpha value is -2.23. The van der Waals surface area contributed by atoms with E-state index in [0.29, 0.717) is 12.0 Å². The van der Waals surface area contributed by atoms with Crippen molar-refractivity contribution in [3.8, 4) is 0 Å². The number of hydrogen-bond acceptors (Lipinski definition) is 12. The van der Waals surface area contributed by atoms with E-state index < -0.39 is 85.5 Å². The van der Waals surface area contributed by atoms with E-state index in [2.05, 4.69) is 0 Å². The monoisotopic (exact) mass is 670 g/mol. The number of rotatable bonds is 5. The number of ether oxygens (including phenoxy) is 1. The summed E-state index contributed by atoms with van der Waals surface area (Å²) in [5, 5.41) is 105. The second-order valence-corrected chi connectivity index (χ2v) is 12.5. The Bertz CT molecular complexity index is 1020. The fourth-order valence-corrected chi connectivity index (χ4v) is 5.30. The van der Waals surface area contributed by atoms with Gasteiger partial charge >= 0.3 is 5.97 Å². The van der Waals surface area contributed by atoms with Crippen LogP contribution in [0, 0.1) is 5.92 Å². The summed E-state index contributed by atoms with van der Waals surface area (Å²) in [7, 11) is 0. The predicted molar refractivity (Wildman–Crippen MR) is 177 cm³/mol. The molecular weight excluding hydrogens is 612 g/mol. The molecule has 1 aliphatic heterocycles. The van der Waals surface area contributed by atoms with Gasteiger partial charge in [-0.05, 0) is 45.1 Å². The SMILES string of the molecule is CCCCC[C@H](O)[C@@H]1C(=O)O[C@@H](C)[C@H](O)/C=C/C=C/C=C/C=C/C=C(\C)[C@@H](O)[C@H](O)[C@H](O)C[C@@H](O)C[C@@H](O)C[C@@H](O)C[C@@H](O)C[C@H]1O. The first-order valence-corrected chi connectivity index (χ1v) is 16.5. The van der Waals surface area contributed by atoms with E-state index >= 15 is 0 Å². The maximum atomic E-state index is 13.1. The van der Waals surface area contributed by atoms with E-state index in [1.54, 1.807) is 55.5 Å². The van der Waals surface area contributed by atoms with Gasteiger partial charge in [0.25, 0.3) is 0 Å². The van der Waals surface area contributed by atoms with E-state index in [4.69, 9.17) is 4.74 Å². The van der Waals surface area contributed by atoms with Gasteiger partial charge in [0.05, 0.1) is 42.7 Å². The molecule has 1 heterocycles. The summed E-state index contributed by atoms with van der Waals surface area (Å²) in [5.74, 6) is -2.37. The van der Waals surface area contributed by atoms with Crippen LogP contribution in [0.5, 0.6) is 0 Å². The van der Waals surface area contributed by atoms with Crippen LogP contribution in [-0.2, 0) is 9.53 Å². The topological polar surface area (TPSA) is 229 Å². The molecule has 12 nitrogen and oxygen atoms in total. The number of cyclic esters (lactones) is 1. The Morgan fingerprint density at radius 2 is 1.21 bits per heavy atom. The molecule has 0 fully saturated rings. The second-order valence-electron chi connectivity index (χ2n) is 12.5. The smallest absolute Gasteiger partial charge is 0.314 e. The summed E-state index contributed by atoms with van der Waals surface area (Å²) in [4.78, 5) is 13.1. The Morgan fingerprint density at radius 3 is 1.77 bits per heavy atom. The number of unbranched alkanes of at least 4 members (excludes halogenated alkanes) is 2. The standard InChI is InChI=1S/C35H58O12/c1-4-5-11-16-29(41)32-30(42)20-26(38)18-24(36)17-25(37)19-27(39)21-31(43)34(45)33(44)22(2)14-12-9-7-6-8-10-13-15-28(40)23(3)47-35(32)46/h6-10,12-15,23-34,36-45H,4-5,11,16-21H2,1-3H3/b7-6+,10-8+,12-9+,15-13+,22-14+/t23-,24+,25-,26+,27-,28+,29-,30+,31+,32-,33+,34+/m0/s1. The molecule has 0 bridgehead atoms. The molecule has 270 valence electrons. The normalized spacial score (nSPS) is 39.6. The molecule has 0 unspecified atom stereocenters. The molecule has 0 aliphatic carbocycles. The lowest BCUT2D eigenvalue weighted by molar-refractivity contribution is -0.168. The van der Waals surface area contributed by atoms with Crippen LogP contribution in [0.3, 0.4) is 0 Å². The van der Waals surface area contributed by atoms with Crippen molar-refractivity contribution in [3.63, 3.8) is 0 Å². The van der Waals surface area contributed by atoms with Crippen LogP contribution >= 0.6 is 0 Å². The Balaban J connectivity index is 3.19. The minimum atomic E-state index is -1.61. The molecule has 0 radical (unpaired) electrons. The molecule has 12 heteroatoms. The van der Waals surface area contributed by atoms with Gasteiger partial charge in [0.1, 0.15) is 30.3 Å². The van der Waals surface area contributed by atoms with E-state index in [1.807, 2.05) is 6.92 Å². The van der Waals surface area contributed by atoms with Gasteiger partial charge in [0.2, 0.25) is 0 Å². The molecule has 0 saturated heterocycles. The minimum Gasteiger partial charge on any atom is -0.459 e. The maximum absolute atomic E-state index is 13.1. The molecule has 0 aromatic heterocycles. The quantitative estimate of drug-likeness (QED) is 0.145. The highest BCUT2D eigenvalue weighted by Crippen LogP contribution is 2.24. The lowest BCUT2D eigenvalue weighted by Gasteiger charge is -2.30. The van der Waals surface area contributed by atoms with Gasteiger partial charge in [-0.3, -0.25) is 4.79 Å². The fraction of sp³-hybridized carbons (Fsp3) is 0.686. The molecule has 0 spiro atoms. The summed E-state index contributed by atoms with van der Waals surface area (Å²) in [6.07, 6.45) is 0.559. The number of aliphatic hydroxyl groups excluding tert-OH is 10. The zero-order valence-electron chi connectivity index (χ0n) is 27.8. The van der Waals surface area contributed by atoms with Gasteiger partial charge < -0.3 is 55.8 Å². The van der Waals surface area contributed by atoms with Crippen LogP contribution in [0.4, 0.5) is 0 Å². The third kappa shape index (κ3) is 17.1. The first-order valence-electron chi connectivity index (χ1n) is 16.5. The summed E-state index contributed by atoms with van der Waals surface area (Å²) < 4.78 is 5.41. The van der Waals surface area contributed by atoms with Crippen molar-refractivity contribution in [1.82, 2.24) is 0 Å². The highest BCUT2D eigenvalue weighted by Gasteiger charge is 2.37. The van der Waals surface area contributed by atoms with Gasteiger partial charge in [-0.15, -0.1) is 0 Å². The second kappa shape index (κ2) is 23.2. The molecule has 0 aromatic carbocycles. The number of aliphatic hydroxyl groups is 10. The van der Waals surface area contributed by atoms with Gasteiger partial charge in [-0.2, -0.15) is 0 Å². The summed E-state index contributed by atoms with van der Waals surface area (Å²) in [5.41, 5.74) is 0.357. The Morgan fingerprint density at radius 1 is 0.723 bits per heavy atom. The molecule has 1 rings (SSSR count). The third-order valence-electron chi connectivity index (χ3n) is 8.17. The van der Waals surface area contributed by atoms with E-state index in [-0.39, 0.29) is 32.1 Å². The summed E-state index contributed by atoms with van der Waals surface area (Å²) >= 11 is 0. The van der Waals surface area contributed by atoms with Crippen LogP contribution in [0.15, 0.2) is 60.3 Å². The summed E-state index contributed by atoms with van der Waals surface area (Å²) in [6, 6.07) is 0. The maximum Gasteiger partial charge on any atom is 0.314 e. The van der Waals surface area contributed by atoms with Gasteiger partial charge in [0, 0.05) is 12.8 Å². The van der Waals surface area contributed by atoms with Crippen LogP contribution < -0.4 is 0 Å². The predicted octanol–water partition coefficient (Wildman–Crippen LogP) is 0.859. The lowest BCUT2D eigenvalue weighted by Crippen LogP contribution is -2.43. The number of hydrogen-bond donors (Lipinski definition) is 10. The van der Waals surface area contributed by atoms with Crippen LogP contribution in [-0.4, -0.2) is 124 Å². The van der Waals surface area contributed by atoms with Gasteiger partial charge in [0.15, 0.2) is 0 Å². The highest BCUT2D eigenvalue weighted by atomic mass is 16.6. The zero-order valence-corrected chi connectivity index (χ0v) is 27.8. The molecule has 0 amide bonds. The first kappa shape index (κ1) is 42.8. The molecule has 1 aliphatic rings. The largest absolute Gasteiger partial charge is 0.459 e. The van der Waals surface area contributed by atoms with Gasteiger partial charge in [-0.25, -0.2) is 0 Å². The number of carbonyl (C=O) groups excluding carboxylic acids is 1. The van der Waals surface area contributed by atoms with Crippen LogP contribution in [0.25, 0.3) is 0 Å². The molecule has 0 saturated carbocycles. The van der Waals surface area contributed by atoms with Crippen molar-refractivity contribution in [2.45, 2.75) is 146 Å². The Labute approximate surface area is 278 Å². The average molecular weight is 671 g/mol. The van der Waals surface area contributed by atoms with E-state index in [9.17, 15) is 55.9 Å². The average Bonchev–Trinajstić information content (AvgIpc) is 2.98. The van der Waals surface area contributed by atoms with Crippen LogP contribution in [0.1, 0.15) is 78.6 Å². The molecule has 12 atom stereocenters. The van der Waals surface area contributed by atoms with Crippen molar-refractivity contribution in [1.29, 1.82) is 0 Å². The summed E-state index contributed by atoms with van der Waals surface area (Å²) in [6.45, 7) is 5.00. The number of allylic oxidation sites excluding steroid dienone is 8. The lowest BCUT2D eigenvalue weighted by atomic mass is 9.87. The molecule has 0 aromatic rings. The van der Waals surface area contributed by atoms with E-state index in [0.717, 1.165) is 12.8 Å². The molecule has 10 N–H and O–H groups in total. The van der Waals surface area contributed by atoms with Crippen molar-refractivity contribution in [2.24, 2.45) is 5.92 Å². The minimum absolute atomic E-state index is 0.197. The first-order chi connectivity index (χ1) is 22.2. The Kier molecular flexibility index (Phi) is 21.1. The van der Waals surface area contributed by atoms with E-state index in [1.165, 1.54) is 13.0 Å². The number of carbonyl (C=O) groups is 1. The number of esters is 1. The van der Waals surface area contributed by atoms with Crippen molar-refractivity contribution < 1.29 is 60.6 Å². The van der Waals surface area contributed by atoms with Crippen molar-refractivity contribution in [2.75, 3.05) is 0 Å². The molecular formula is C35H58O12.